The summed E-state index contributed by atoms with van der Waals surface area (Å²) in [6, 6.07) is 21.5. The highest BCUT2D eigenvalue weighted by atomic mass is 32.2. The molecule has 3 aromatic carbocycles. The van der Waals surface area contributed by atoms with Crippen molar-refractivity contribution in [1.82, 2.24) is 0 Å². The van der Waals surface area contributed by atoms with E-state index in [2.05, 4.69) is 35.6 Å². The van der Waals surface area contributed by atoms with Crippen LogP contribution in [-0.2, 0) is 10.5 Å². The van der Waals surface area contributed by atoms with Gasteiger partial charge in [-0.2, -0.15) is 0 Å². The molecule has 0 fully saturated rings. The number of thioether (sulfide) groups is 1. The predicted molar refractivity (Wildman–Crippen MR) is 110 cm³/mol. The molecule has 0 unspecified atom stereocenters. The molecule has 4 aromatic rings. The minimum Gasteiger partial charge on any atom is -0.423 e. The summed E-state index contributed by atoms with van der Waals surface area (Å²) in [7, 11) is 0. The third-order valence-corrected chi connectivity index (χ3v) is 5.31. The molecular formula is C22H17NO3S. The fourth-order valence-electron chi connectivity index (χ4n) is 3.05. The van der Waals surface area contributed by atoms with Gasteiger partial charge in [-0.15, -0.1) is 11.8 Å². The van der Waals surface area contributed by atoms with Gasteiger partial charge in [0.25, 0.3) is 0 Å². The van der Waals surface area contributed by atoms with Gasteiger partial charge in [0.1, 0.15) is 5.58 Å². The van der Waals surface area contributed by atoms with Gasteiger partial charge in [0.2, 0.25) is 5.91 Å². The highest BCUT2D eigenvalue weighted by Crippen LogP contribution is 2.29. The zero-order valence-electron chi connectivity index (χ0n) is 14.7. The van der Waals surface area contributed by atoms with Crippen molar-refractivity contribution >= 4 is 45.1 Å². The maximum Gasteiger partial charge on any atom is 0.336 e. The third-order valence-electron chi connectivity index (χ3n) is 4.27. The molecule has 0 radical (unpaired) electrons. The van der Waals surface area contributed by atoms with Crippen molar-refractivity contribution in [2.24, 2.45) is 0 Å². The van der Waals surface area contributed by atoms with Crippen molar-refractivity contribution in [3.63, 3.8) is 0 Å². The number of fused-ring (bicyclic) bond motifs is 2. The summed E-state index contributed by atoms with van der Waals surface area (Å²) in [6.07, 6.45) is 0. The Hall–Kier alpha value is -3.05. The lowest BCUT2D eigenvalue weighted by atomic mass is 10.1. The normalized spacial score (nSPS) is 11.0. The van der Waals surface area contributed by atoms with Crippen molar-refractivity contribution in [1.29, 1.82) is 0 Å². The van der Waals surface area contributed by atoms with Crippen LogP contribution in [0.3, 0.4) is 0 Å². The van der Waals surface area contributed by atoms with Gasteiger partial charge in [-0.1, -0.05) is 30.3 Å². The maximum atomic E-state index is 12.0. The van der Waals surface area contributed by atoms with Crippen molar-refractivity contribution < 1.29 is 9.21 Å². The number of amides is 1. The maximum absolute atomic E-state index is 12.0. The quantitative estimate of drug-likeness (QED) is 0.394. The molecule has 0 aliphatic rings. The summed E-state index contributed by atoms with van der Waals surface area (Å²) in [6.45, 7) is 1.44. The van der Waals surface area contributed by atoms with Crippen LogP contribution in [0.15, 0.2) is 80.8 Å². The Morgan fingerprint density at radius 3 is 2.63 bits per heavy atom. The van der Waals surface area contributed by atoms with Crippen molar-refractivity contribution in [3.8, 4) is 0 Å². The first-order valence-electron chi connectivity index (χ1n) is 8.54. The standard InChI is InChI=1S/C22H17NO3S/c1-14(24)23-18-7-9-20-17(11-22(25)26-21(20)12-18)13-27-19-8-6-15-4-2-3-5-16(15)10-19/h2-12H,13H2,1H3,(H,23,24). The Labute approximate surface area is 160 Å². The Morgan fingerprint density at radius 1 is 1.00 bits per heavy atom. The van der Waals surface area contributed by atoms with E-state index in [1.54, 1.807) is 17.8 Å². The van der Waals surface area contributed by atoms with E-state index in [0.29, 0.717) is 17.0 Å². The van der Waals surface area contributed by atoms with Crippen LogP contribution in [0.1, 0.15) is 12.5 Å². The minimum absolute atomic E-state index is 0.167. The molecule has 5 heteroatoms. The molecule has 4 nitrogen and oxygen atoms in total. The van der Waals surface area contributed by atoms with E-state index in [0.717, 1.165) is 15.8 Å². The van der Waals surface area contributed by atoms with Gasteiger partial charge in [-0.3, -0.25) is 4.79 Å². The summed E-state index contributed by atoms with van der Waals surface area (Å²) in [5.41, 5.74) is 1.60. The highest BCUT2D eigenvalue weighted by Gasteiger charge is 2.08. The molecule has 134 valence electrons. The van der Waals surface area contributed by atoms with Gasteiger partial charge in [-0.05, 0) is 40.6 Å². The number of anilines is 1. The van der Waals surface area contributed by atoms with Crippen LogP contribution < -0.4 is 10.9 Å². The minimum atomic E-state index is -0.392. The molecule has 27 heavy (non-hydrogen) atoms. The molecule has 4 rings (SSSR count). The number of hydrogen-bond donors (Lipinski definition) is 1. The highest BCUT2D eigenvalue weighted by molar-refractivity contribution is 7.98. The molecule has 1 N–H and O–H groups in total. The zero-order chi connectivity index (χ0) is 18.8. The summed E-state index contributed by atoms with van der Waals surface area (Å²) < 4.78 is 5.32. The van der Waals surface area contributed by atoms with Crippen LogP contribution in [0.5, 0.6) is 0 Å². The number of rotatable bonds is 4. The molecule has 0 saturated heterocycles. The first kappa shape index (κ1) is 17.4. The topological polar surface area (TPSA) is 59.3 Å². The van der Waals surface area contributed by atoms with Crippen molar-refractivity contribution in [2.75, 3.05) is 5.32 Å². The summed E-state index contributed by atoms with van der Waals surface area (Å²) in [5, 5.41) is 5.98. The SMILES string of the molecule is CC(=O)Nc1ccc2c(CSc3ccc4ccccc4c3)cc(=O)oc2c1. The monoisotopic (exact) mass is 375 g/mol. The molecule has 0 bridgehead atoms. The van der Waals surface area contributed by atoms with Crippen molar-refractivity contribution in [3.05, 3.63) is 82.7 Å². The van der Waals surface area contributed by atoms with E-state index in [1.165, 1.54) is 23.8 Å². The second-order valence-electron chi connectivity index (χ2n) is 6.28. The molecule has 0 atom stereocenters. The van der Waals surface area contributed by atoms with Crippen LogP contribution in [0.25, 0.3) is 21.7 Å². The van der Waals surface area contributed by atoms with E-state index in [4.69, 9.17) is 4.42 Å². The number of carbonyl (C=O) groups excluding carboxylic acids is 1. The fraction of sp³-hybridized carbons (Fsp3) is 0.0909. The lowest BCUT2D eigenvalue weighted by molar-refractivity contribution is -0.114. The summed E-state index contributed by atoms with van der Waals surface area (Å²) in [5.74, 6) is 0.486. The number of benzene rings is 3. The smallest absolute Gasteiger partial charge is 0.336 e. The average Bonchev–Trinajstić information content (AvgIpc) is 2.65. The van der Waals surface area contributed by atoms with E-state index in [-0.39, 0.29) is 5.91 Å². The Morgan fingerprint density at radius 2 is 1.81 bits per heavy atom. The van der Waals surface area contributed by atoms with Gasteiger partial charge < -0.3 is 9.73 Å². The molecule has 0 aliphatic heterocycles. The number of nitrogens with one attached hydrogen (secondary N) is 1. The van der Waals surface area contributed by atoms with E-state index < -0.39 is 5.63 Å². The first-order chi connectivity index (χ1) is 13.1. The fourth-order valence-corrected chi connectivity index (χ4v) is 3.98. The van der Waals surface area contributed by atoms with Gasteiger partial charge >= 0.3 is 5.63 Å². The predicted octanol–water partition coefficient (Wildman–Crippen LogP) is 5.20. The Balaban J connectivity index is 1.64. The van der Waals surface area contributed by atoms with E-state index in [9.17, 15) is 9.59 Å². The molecule has 1 aromatic heterocycles. The van der Waals surface area contributed by atoms with Crippen LogP contribution in [0.4, 0.5) is 5.69 Å². The largest absolute Gasteiger partial charge is 0.423 e. The lowest BCUT2D eigenvalue weighted by Gasteiger charge is -2.08. The number of hydrogen-bond acceptors (Lipinski definition) is 4. The second kappa shape index (κ2) is 7.29. The molecule has 0 saturated carbocycles. The van der Waals surface area contributed by atoms with Crippen LogP contribution in [0.2, 0.25) is 0 Å². The third kappa shape index (κ3) is 3.88. The summed E-state index contributed by atoms with van der Waals surface area (Å²) >= 11 is 1.68. The molecule has 0 aliphatic carbocycles. The lowest BCUT2D eigenvalue weighted by Crippen LogP contribution is -2.06. The Kier molecular flexibility index (Phi) is 4.69. The Bertz CT molecular complexity index is 1210. The van der Waals surface area contributed by atoms with E-state index >= 15 is 0 Å². The average molecular weight is 375 g/mol. The van der Waals surface area contributed by atoms with Crippen molar-refractivity contribution in [2.45, 2.75) is 17.6 Å². The molecular weight excluding hydrogens is 358 g/mol. The van der Waals surface area contributed by atoms with Crippen LogP contribution in [0, 0.1) is 0 Å². The van der Waals surface area contributed by atoms with Gasteiger partial charge in [-0.25, -0.2) is 4.79 Å². The first-order valence-corrected chi connectivity index (χ1v) is 9.53. The number of carbonyl (C=O) groups is 1. The molecule has 1 heterocycles. The zero-order valence-corrected chi connectivity index (χ0v) is 15.5. The second-order valence-corrected chi connectivity index (χ2v) is 7.33. The molecule has 1 amide bonds. The van der Waals surface area contributed by atoms with E-state index in [1.807, 2.05) is 24.3 Å². The van der Waals surface area contributed by atoms with Crippen LogP contribution in [-0.4, -0.2) is 5.91 Å². The van der Waals surface area contributed by atoms with Crippen LogP contribution >= 0.6 is 11.8 Å². The summed E-state index contributed by atoms with van der Waals surface area (Å²) in [4.78, 5) is 24.3. The van der Waals surface area contributed by atoms with Gasteiger partial charge in [0, 0.05) is 40.8 Å². The van der Waals surface area contributed by atoms with Gasteiger partial charge in [0.05, 0.1) is 0 Å². The van der Waals surface area contributed by atoms with Gasteiger partial charge in [0.15, 0.2) is 0 Å². The molecule has 0 spiro atoms.